The molecular formula is C91H171O25P. The van der Waals surface area contributed by atoms with Crippen molar-refractivity contribution in [2.75, 3.05) is 26.4 Å². The first-order valence-corrected chi connectivity index (χ1v) is 49.2. The van der Waals surface area contributed by atoms with Crippen LogP contribution in [0.4, 0.5) is 0 Å². The first-order chi connectivity index (χ1) is 56.6. The van der Waals surface area contributed by atoms with E-state index in [1.54, 1.807) is 0 Å². The lowest BCUT2D eigenvalue weighted by atomic mass is 9.84. The highest BCUT2D eigenvalue weighted by Crippen LogP contribution is 2.49. The summed E-state index contributed by atoms with van der Waals surface area (Å²) in [6, 6.07) is 0. The number of phosphoric acid groups is 1. The SMILES string of the molecule is CCCCCCCCCCCCCCCCCCC(=O)OC1C(O)C(O)C(OC2OC(CO)C(O)C(O)C2O)C(OP(=O)(O)OCC(COC(=O)CCCCCCCCCCCCCCC)OC(=O)CCCCCCCCCCCCCCC)C1OC1OC(COC(=O)CCCCCCCCC(C)CCCCCCCC)C(O)C(O)C1O. The molecule has 2 saturated heterocycles. The van der Waals surface area contributed by atoms with Crippen LogP contribution in [0.5, 0.6) is 0 Å². The molecule has 0 spiro atoms. The zero-order chi connectivity index (χ0) is 85.5. The summed E-state index contributed by atoms with van der Waals surface area (Å²) >= 11 is 0. The average Bonchev–Trinajstić information content (AvgIpc) is 0.754. The number of carbonyl (C=O) groups excluding carboxylic acids is 4. The van der Waals surface area contributed by atoms with E-state index in [0.29, 0.717) is 38.0 Å². The minimum atomic E-state index is -5.80. The first kappa shape index (κ1) is 109. The summed E-state index contributed by atoms with van der Waals surface area (Å²) in [6.45, 7) is 7.95. The predicted molar refractivity (Wildman–Crippen MR) is 453 cm³/mol. The maximum absolute atomic E-state index is 14.9. The minimum absolute atomic E-state index is 0.0174. The molecule has 0 aromatic rings. The van der Waals surface area contributed by atoms with Crippen molar-refractivity contribution in [1.82, 2.24) is 0 Å². The molecule has 2 aliphatic heterocycles. The van der Waals surface area contributed by atoms with Crippen LogP contribution in [0.2, 0.25) is 0 Å². The van der Waals surface area contributed by atoms with Gasteiger partial charge in [0, 0.05) is 25.7 Å². The highest BCUT2D eigenvalue weighted by atomic mass is 31.2. The van der Waals surface area contributed by atoms with Crippen molar-refractivity contribution in [2.45, 2.75) is 524 Å². The summed E-state index contributed by atoms with van der Waals surface area (Å²) in [7, 11) is -5.80. The Morgan fingerprint density at radius 1 is 0.333 bits per heavy atom. The van der Waals surface area contributed by atoms with Crippen LogP contribution in [0, 0.1) is 5.92 Å². The zero-order valence-corrected chi connectivity index (χ0v) is 74.6. The van der Waals surface area contributed by atoms with Gasteiger partial charge in [-0.15, -0.1) is 0 Å². The second-order valence-electron chi connectivity index (χ2n) is 34.5. The molecule has 0 aromatic carbocycles. The number of esters is 4. The summed E-state index contributed by atoms with van der Waals surface area (Å²) in [6.07, 6.45) is 25.2. The molecule has 3 rings (SSSR count). The van der Waals surface area contributed by atoms with E-state index in [2.05, 4.69) is 34.6 Å². The minimum Gasteiger partial charge on any atom is -0.463 e. The Morgan fingerprint density at radius 3 is 1.02 bits per heavy atom. The maximum Gasteiger partial charge on any atom is 0.472 e. The fourth-order valence-corrected chi connectivity index (χ4v) is 17.1. The van der Waals surface area contributed by atoms with E-state index in [1.165, 1.54) is 199 Å². The van der Waals surface area contributed by atoms with Gasteiger partial charge in [0.1, 0.15) is 92.6 Å². The van der Waals surface area contributed by atoms with Crippen LogP contribution in [-0.2, 0) is 70.7 Å². The maximum atomic E-state index is 14.9. The lowest BCUT2D eigenvalue weighted by molar-refractivity contribution is -0.360. The Hall–Kier alpha value is -2.53. The van der Waals surface area contributed by atoms with Crippen molar-refractivity contribution in [3.8, 4) is 0 Å². The van der Waals surface area contributed by atoms with Gasteiger partial charge in [-0.05, 0) is 31.6 Å². The molecule has 3 aliphatic rings. The number of hydrogen-bond donors (Lipinski definition) is 10. The highest BCUT2D eigenvalue weighted by Gasteiger charge is 2.60. The van der Waals surface area contributed by atoms with Crippen molar-refractivity contribution in [3.63, 3.8) is 0 Å². The normalized spacial score (nSPS) is 25.3. The van der Waals surface area contributed by atoms with Gasteiger partial charge >= 0.3 is 31.7 Å². The number of ether oxygens (including phenoxy) is 8. The van der Waals surface area contributed by atoms with E-state index >= 15 is 0 Å². The molecule has 25 nitrogen and oxygen atoms in total. The number of aliphatic hydroxyl groups is 9. The molecule has 19 atom stereocenters. The molecular weight excluding hydrogens is 1520 g/mol. The second kappa shape index (κ2) is 69.7. The van der Waals surface area contributed by atoms with E-state index in [1.807, 2.05) is 0 Å². The largest absolute Gasteiger partial charge is 0.472 e. The van der Waals surface area contributed by atoms with Gasteiger partial charge in [0.15, 0.2) is 24.8 Å². The summed E-state index contributed by atoms with van der Waals surface area (Å²) < 4.78 is 73.5. The number of phosphoric ester groups is 1. The number of unbranched alkanes of at least 4 members (excludes halogenated alkanes) is 49. The van der Waals surface area contributed by atoms with Crippen LogP contribution in [0.3, 0.4) is 0 Å². The third-order valence-corrected chi connectivity index (χ3v) is 24.7. The Balaban J connectivity index is 1.92. The summed E-state index contributed by atoms with van der Waals surface area (Å²) in [4.78, 5) is 66.5. The number of rotatable bonds is 77. The third-order valence-electron chi connectivity index (χ3n) is 23.8. The summed E-state index contributed by atoms with van der Waals surface area (Å²) in [5.41, 5.74) is 0. The van der Waals surface area contributed by atoms with Gasteiger partial charge < -0.3 is 88.7 Å². The molecule has 0 aromatic heterocycles. The van der Waals surface area contributed by atoms with Crippen molar-refractivity contribution in [2.24, 2.45) is 5.92 Å². The van der Waals surface area contributed by atoms with Gasteiger partial charge in [0.05, 0.1) is 13.2 Å². The quantitative estimate of drug-likeness (QED) is 0.0117. The van der Waals surface area contributed by atoms with Crippen LogP contribution in [-0.4, -0.2) is 205 Å². The van der Waals surface area contributed by atoms with E-state index in [4.69, 9.17) is 46.9 Å². The zero-order valence-electron chi connectivity index (χ0n) is 73.7. The van der Waals surface area contributed by atoms with E-state index in [9.17, 15) is 74.6 Å². The fourth-order valence-electron chi connectivity index (χ4n) is 16.1. The summed E-state index contributed by atoms with van der Waals surface area (Å²) in [5, 5.41) is 102. The van der Waals surface area contributed by atoms with Gasteiger partial charge in [0.25, 0.3) is 0 Å². The van der Waals surface area contributed by atoms with Crippen LogP contribution in [0.1, 0.15) is 420 Å². The molecule has 1 saturated carbocycles. The smallest absolute Gasteiger partial charge is 0.463 e. The standard InChI is InChI=1S/C91H171O25P/c1-6-10-14-18-22-25-28-31-32-33-36-39-42-45-53-59-65-77(96)113-86-82(101)83(102)87(114-90-84(103)80(99)78(97)72(66-92)111-90)89(88(86)115-91-85(104)81(100)79(98)73(112-91)69-108-75(94)63-57-51-47-46-49-55-61-70(5)60-54-48-21-17-13-9-4)116-117(105,106)109-68-71(110-76(95)64-58-52-44-41-38-35-30-27-24-20-16-12-8-3)67-107-74(93)62-56-50-43-40-37-34-29-26-23-19-15-11-7-2/h70-73,78-92,97-104H,6-69H2,1-5H3,(H,105,106). The van der Waals surface area contributed by atoms with Crippen molar-refractivity contribution in [3.05, 3.63) is 0 Å². The molecule has 0 bridgehead atoms. The molecule has 3 fully saturated rings. The Labute approximate surface area is 706 Å². The molecule has 19 unspecified atom stereocenters. The summed E-state index contributed by atoms with van der Waals surface area (Å²) in [5.74, 6) is -2.26. The monoisotopic (exact) mass is 1700 g/mol. The molecule has 26 heteroatoms. The highest BCUT2D eigenvalue weighted by molar-refractivity contribution is 7.47. The molecule has 1 aliphatic carbocycles. The number of aliphatic hydroxyl groups excluding tert-OH is 9. The van der Waals surface area contributed by atoms with E-state index in [0.717, 1.165) is 128 Å². The third kappa shape index (κ3) is 50.3. The fraction of sp³-hybridized carbons (Fsp3) is 0.956. The Morgan fingerprint density at radius 2 is 0.641 bits per heavy atom. The molecule has 2 heterocycles. The number of carbonyl (C=O) groups is 4. The Bertz CT molecular complexity index is 2450. The van der Waals surface area contributed by atoms with Gasteiger partial charge in [-0.1, -0.05) is 369 Å². The topological polar surface area (TPSA) is 380 Å². The second-order valence-corrected chi connectivity index (χ2v) is 35.9. The van der Waals surface area contributed by atoms with E-state index < -0.39 is 162 Å². The molecule has 0 amide bonds. The van der Waals surface area contributed by atoms with Crippen LogP contribution in [0.15, 0.2) is 0 Å². The molecule has 0 radical (unpaired) electrons. The molecule has 690 valence electrons. The van der Waals surface area contributed by atoms with Crippen molar-refractivity contribution >= 4 is 31.7 Å². The molecule has 117 heavy (non-hydrogen) atoms. The van der Waals surface area contributed by atoms with Gasteiger partial charge in [0.2, 0.25) is 0 Å². The average molecular weight is 1700 g/mol. The lowest BCUT2D eigenvalue weighted by Gasteiger charge is -2.50. The van der Waals surface area contributed by atoms with Crippen LogP contribution in [0.25, 0.3) is 0 Å². The lowest BCUT2D eigenvalue weighted by Crippen LogP contribution is -2.70. The number of hydrogen-bond acceptors (Lipinski definition) is 24. The van der Waals surface area contributed by atoms with E-state index in [-0.39, 0.29) is 25.7 Å². The van der Waals surface area contributed by atoms with Crippen LogP contribution >= 0.6 is 7.82 Å². The van der Waals surface area contributed by atoms with Gasteiger partial charge in [-0.25, -0.2) is 4.57 Å². The molecule has 10 N–H and O–H groups in total. The van der Waals surface area contributed by atoms with Crippen molar-refractivity contribution < 1.29 is 122 Å². The van der Waals surface area contributed by atoms with Crippen molar-refractivity contribution in [1.29, 1.82) is 0 Å². The van der Waals surface area contributed by atoms with Gasteiger partial charge in [-0.3, -0.25) is 28.2 Å². The predicted octanol–water partition coefficient (Wildman–Crippen LogP) is 17.6. The Kier molecular flexibility index (Phi) is 64.8. The van der Waals surface area contributed by atoms with Crippen LogP contribution < -0.4 is 0 Å². The van der Waals surface area contributed by atoms with Gasteiger partial charge in [-0.2, -0.15) is 0 Å². The first-order valence-electron chi connectivity index (χ1n) is 47.7.